The summed E-state index contributed by atoms with van der Waals surface area (Å²) in [6, 6.07) is 4.67. The monoisotopic (exact) mass is 262 g/mol. The van der Waals surface area contributed by atoms with Crippen LogP contribution in [0.5, 0.6) is 11.5 Å². The van der Waals surface area contributed by atoms with Gasteiger partial charge in [0.25, 0.3) is 0 Å². The lowest BCUT2D eigenvalue weighted by Crippen LogP contribution is -2.06. The largest absolute Gasteiger partial charge is 0.497 e. The molecule has 0 aliphatic rings. The standard InChI is InChI=1S/C13H14N2O4/c1-15-8-14-6-9(15)7-19-12-4-3-10(18-2)5-11(12)13(16)17/h3-6,8H,7H2,1-2H3,(H,16,17). The Balaban J connectivity index is 2.20. The molecule has 0 aliphatic carbocycles. The molecule has 0 unspecified atom stereocenters. The van der Waals surface area contributed by atoms with Crippen molar-refractivity contribution in [1.29, 1.82) is 0 Å². The molecule has 0 saturated heterocycles. The van der Waals surface area contributed by atoms with Crippen LogP contribution in [0.25, 0.3) is 0 Å². The maximum Gasteiger partial charge on any atom is 0.339 e. The summed E-state index contributed by atoms with van der Waals surface area (Å²) in [4.78, 5) is 15.1. The number of methoxy groups -OCH3 is 1. The molecule has 0 atom stereocenters. The molecule has 19 heavy (non-hydrogen) atoms. The van der Waals surface area contributed by atoms with Crippen LogP contribution in [0.2, 0.25) is 0 Å². The Morgan fingerprint density at radius 2 is 2.26 bits per heavy atom. The Morgan fingerprint density at radius 3 is 2.84 bits per heavy atom. The molecule has 6 nitrogen and oxygen atoms in total. The van der Waals surface area contributed by atoms with Gasteiger partial charge in [-0.1, -0.05) is 0 Å². The van der Waals surface area contributed by atoms with Gasteiger partial charge in [-0.25, -0.2) is 9.78 Å². The lowest BCUT2D eigenvalue weighted by atomic mass is 10.2. The van der Waals surface area contributed by atoms with E-state index in [0.29, 0.717) is 11.5 Å². The van der Waals surface area contributed by atoms with E-state index in [4.69, 9.17) is 14.6 Å². The Hall–Kier alpha value is -2.50. The van der Waals surface area contributed by atoms with Gasteiger partial charge in [-0.15, -0.1) is 0 Å². The lowest BCUT2D eigenvalue weighted by Gasteiger charge is -2.10. The van der Waals surface area contributed by atoms with Crippen LogP contribution >= 0.6 is 0 Å². The van der Waals surface area contributed by atoms with E-state index in [0.717, 1.165) is 5.69 Å². The van der Waals surface area contributed by atoms with Crippen molar-refractivity contribution >= 4 is 5.97 Å². The number of aryl methyl sites for hydroxylation is 1. The second kappa shape index (κ2) is 5.43. The van der Waals surface area contributed by atoms with E-state index in [9.17, 15) is 4.79 Å². The molecule has 1 aromatic heterocycles. The van der Waals surface area contributed by atoms with Crippen LogP contribution in [0.3, 0.4) is 0 Å². The molecular weight excluding hydrogens is 248 g/mol. The summed E-state index contributed by atoms with van der Waals surface area (Å²) < 4.78 is 12.3. The van der Waals surface area contributed by atoms with Gasteiger partial charge in [0.2, 0.25) is 0 Å². The highest BCUT2D eigenvalue weighted by molar-refractivity contribution is 5.91. The minimum atomic E-state index is -1.06. The van der Waals surface area contributed by atoms with Crippen molar-refractivity contribution in [3.8, 4) is 11.5 Å². The average Bonchev–Trinajstić information content (AvgIpc) is 2.81. The number of hydrogen-bond acceptors (Lipinski definition) is 4. The van der Waals surface area contributed by atoms with Crippen LogP contribution < -0.4 is 9.47 Å². The summed E-state index contributed by atoms with van der Waals surface area (Å²) in [6.07, 6.45) is 3.33. The zero-order valence-electron chi connectivity index (χ0n) is 10.7. The van der Waals surface area contributed by atoms with Gasteiger partial charge in [-0.2, -0.15) is 0 Å². The summed E-state index contributed by atoms with van der Waals surface area (Å²) >= 11 is 0. The number of carboxylic acids is 1. The number of aromatic carboxylic acids is 1. The van der Waals surface area contributed by atoms with Crippen LogP contribution in [-0.4, -0.2) is 27.7 Å². The summed E-state index contributed by atoms with van der Waals surface area (Å²) in [5.74, 6) is -0.279. The maximum absolute atomic E-state index is 11.2. The zero-order valence-corrected chi connectivity index (χ0v) is 10.7. The first kappa shape index (κ1) is 12.9. The number of aromatic nitrogens is 2. The molecule has 1 heterocycles. The minimum absolute atomic E-state index is 0.0709. The van der Waals surface area contributed by atoms with E-state index < -0.39 is 5.97 Å². The fraction of sp³-hybridized carbons (Fsp3) is 0.231. The van der Waals surface area contributed by atoms with Crippen molar-refractivity contribution in [2.45, 2.75) is 6.61 Å². The van der Waals surface area contributed by atoms with Crippen molar-refractivity contribution in [1.82, 2.24) is 9.55 Å². The molecule has 0 aliphatic heterocycles. The SMILES string of the molecule is COc1ccc(OCc2cncn2C)c(C(=O)O)c1. The molecule has 0 saturated carbocycles. The Kier molecular flexibility index (Phi) is 3.70. The molecule has 0 fully saturated rings. The number of imidazole rings is 1. The Morgan fingerprint density at radius 1 is 1.47 bits per heavy atom. The number of carbonyl (C=O) groups is 1. The van der Waals surface area contributed by atoms with Crippen LogP contribution in [0.15, 0.2) is 30.7 Å². The van der Waals surface area contributed by atoms with Crippen LogP contribution in [0.1, 0.15) is 16.1 Å². The van der Waals surface area contributed by atoms with Crippen LogP contribution in [0.4, 0.5) is 0 Å². The molecule has 1 aromatic carbocycles. The lowest BCUT2D eigenvalue weighted by molar-refractivity contribution is 0.0691. The van der Waals surface area contributed by atoms with Gasteiger partial charge < -0.3 is 19.1 Å². The highest BCUT2D eigenvalue weighted by Crippen LogP contribution is 2.24. The molecule has 1 N–H and O–H groups in total. The van der Waals surface area contributed by atoms with Gasteiger partial charge in [-0.05, 0) is 18.2 Å². The molecular formula is C13H14N2O4. The van der Waals surface area contributed by atoms with Crippen molar-refractivity contribution in [3.63, 3.8) is 0 Å². The first-order chi connectivity index (χ1) is 9.11. The number of carboxylic acid groups (broad SMARTS) is 1. The number of rotatable bonds is 5. The highest BCUT2D eigenvalue weighted by Gasteiger charge is 2.13. The van der Waals surface area contributed by atoms with Crippen LogP contribution in [0, 0.1) is 0 Å². The summed E-state index contributed by atoms with van der Waals surface area (Å²) in [5.41, 5.74) is 0.925. The van der Waals surface area contributed by atoms with Gasteiger partial charge >= 0.3 is 5.97 Å². The fourth-order valence-electron chi connectivity index (χ4n) is 1.60. The van der Waals surface area contributed by atoms with E-state index in [1.54, 1.807) is 24.7 Å². The Labute approximate surface area is 110 Å². The van der Waals surface area contributed by atoms with Gasteiger partial charge in [0.1, 0.15) is 23.7 Å². The third-order valence-corrected chi connectivity index (χ3v) is 2.71. The van der Waals surface area contributed by atoms with E-state index in [1.807, 2.05) is 11.6 Å². The van der Waals surface area contributed by atoms with Gasteiger partial charge in [0, 0.05) is 7.05 Å². The van der Waals surface area contributed by atoms with E-state index in [-0.39, 0.29) is 12.2 Å². The predicted octanol–water partition coefficient (Wildman–Crippen LogP) is 1.71. The second-order valence-electron chi connectivity index (χ2n) is 3.95. The maximum atomic E-state index is 11.2. The van der Waals surface area contributed by atoms with Crippen molar-refractivity contribution < 1.29 is 19.4 Å². The quantitative estimate of drug-likeness (QED) is 0.887. The van der Waals surface area contributed by atoms with E-state index >= 15 is 0 Å². The summed E-state index contributed by atoms with van der Waals surface area (Å²) in [5, 5.41) is 9.14. The normalized spacial score (nSPS) is 10.2. The Bertz CT molecular complexity index is 592. The van der Waals surface area contributed by atoms with E-state index in [1.165, 1.54) is 13.2 Å². The molecule has 2 rings (SSSR count). The average molecular weight is 262 g/mol. The molecule has 2 aromatic rings. The molecule has 0 bridgehead atoms. The molecule has 100 valence electrons. The van der Waals surface area contributed by atoms with Gasteiger partial charge in [0.05, 0.1) is 25.3 Å². The van der Waals surface area contributed by atoms with Crippen LogP contribution in [-0.2, 0) is 13.7 Å². The number of nitrogens with zero attached hydrogens (tertiary/aromatic N) is 2. The molecule has 0 spiro atoms. The summed E-state index contributed by atoms with van der Waals surface area (Å²) in [7, 11) is 3.33. The predicted molar refractivity (Wildman–Crippen MR) is 67.5 cm³/mol. The van der Waals surface area contributed by atoms with Crippen molar-refractivity contribution in [2.24, 2.45) is 7.05 Å². The van der Waals surface area contributed by atoms with Crippen molar-refractivity contribution in [2.75, 3.05) is 7.11 Å². The number of ether oxygens (including phenoxy) is 2. The zero-order chi connectivity index (χ0) is 13.8. The van der Waals surface area contributed by atoms with Gasteiger partial charge in [0.15, 0.2) is 0 Å². The second-order valence-corrected chi connectivity index (χ2v) is 3.95. The molecule has 6 heteroatoms. The number of benzene rings is 1. The smallest absolute Gasteiger partial charge is 0.339 e. The topological polar surface area (TPSA) is 73.6 Å². The first-order valence-electron chi connectivity index (χ1n) is 5.61. The van der Waals surface area contributed by atoms with E-state index in [2.05, 4.69) is 4.98 Å². The molecule has 0 radical (unpaired) electrons. The third kappa shape index (κ3) is 2.85. The first-order valence-corrected chi connectivity index (χ1v) is 5.61. The van der Waals surface area contributed by atoms with Gasteiger partial charge in [-0.3, -0.25) is 0 Å². The fourth-order valence-corrected chi connectivity index (χ4v) is 1.60. The van der Waals surface area contributed by atoms with Crippen molar-refractivity contribution in [3.05, 3.63) is 42.0 Å². The molecule has 0 amide bonds. The third-order valence-electron chi connectivity index (χ3n) is 2.71. The highest BCUT2D eigenvalue weighted by atomic mass is 16.5. The summed E-state index contributed by atoms with van der Waals surface area (Å²) in [6.45, 7) is 0.253. The number of hydrogen-bond donors (Lipinski definition) is 1. The minimum Gasteiger partial charge on any atom is -0.497 e.